The first-order valence-electron chi connectivity index (χ1n) is 7.61. The molecular formula is C15H19F2N3O4S. The first-order chi connectivity index (χ1) is 11.5. The van der Waals surface area contributed by atoms with E-state index in [1.807, 2.05) is 0 Å². The number of hydrogen-bond acceptors (Lipinski definition) is 5. The first kappa shape index (κ1) is 17.9. The standard InChI is InChI=1S/C15H19F2N3O4S/c1-14(9-7-8(18)3-4-10(9)16)11(17)25(23,24)15(5-2-6-15)12(20-14)19-13(21)22/h3-4,7,11,23-24H,2,5-6,18H2,1H3,(H,19,20)(H,21,22)/t11-,14+/m0/s1. The zero-order valence-corrected chi connectivity index (χ0v) is 14.2. The van der Waals surface area contributed by atoms with Gasteiger partial charge in [-0.1, -0.05) is 0 Å². The molecule has 7 nitrogen and oxygen atoms in total. The van der Waals surface area contributed by atoms with Gasteiger partial charge in [-0.2, -0.15) is 0 Å². The minimum absolute atomic E-state index is 0.146. The molecule has 1 saturated carbocycles. The number of nitrogen functional groups attached to an aromatic ring is 1. The number of carboxylic acid groups (broad SMARTS) is 1. The number of benzene rings is 1. The van der Waals surface area contributed by atoms with Crippen LogP contribution in [0.4, 0.5) is 19.3 Å². The Morgan fingerprint density at radius 2 is 2.08 bits per heavy atom. The van der Waals surface area contributed by atoms with Crippen LogP contribution in [0.2, 0.25) is 0 Å². The molecule has 3 rings (SSSR count). The van der Waals surface area contributed by atoms with Crippen LogP contribution >= 0.6 is 10.6 Å². The van der Waals surface area contributed by atoms with Gasteiger partial charge in [0.05, 0.1) is 0 Å². The van der Waals surface area contributed by atoms with Crippen molar-refractivity contribution in [3.8, 4) is 0 Å². The second kappa shape index (κ2) is 5.55. The Hall–Kier alpha value is -1.91. The lowest BCUT2D eigenvalue weighted by Crippen LogP contribution is -2.63. The van der Waals surface area contributed by atoms with E-state index < -0.39 is 38.3 Å². The van der Waals surface area contributed by atoms with Gasteiger partial charge in [0.1, 0.15) is 21.9 Å². The quantitative estimate of drug-likeness (QED) is 0.481. The van der Waals surface area contributed by atoms with Gasteiger partial charge in [0.15, 0.2) is 0 Å². The molecule has 138 valence electrons. The van der Waals surface area contributed by atoms with E-state index in [4.69, 9.17) is 10.8 Å². The van der Waals surface area contributed by atoms with Crippen LogP contribution < -0.4 is 11.1 Å². The van der Waals surface area contributed by atoms with Crippen molar-refractivity contribution in [2.45, 2.75) is 42.0 Å². The highest BCUT2D eigenvalue weighted by Gasteiger charge is 2.64. The number of amides is 1. The summed E-state index contributed by atoms with van der Waals surface area (Å²) in [4.78, 5) is 15.3. The van der Waals surface area contributed by atoms with Crippen LogP contribution in [-0.2, 0) is 5.54 Å². The molecule has 2 aliphatic rings. The van der Waals surface area contributed by atoms with Crippen molar-refractivity contribution in [2.24, 2.45) is 4.99 Å². The Bertz CT molecular complexity index is 769. The van der Waals surface area contributed by atoms with Gasteiger partial charge in [-0.3, -0.25) is 19.4 Å². The summed E-state index contributed by atoms with van der Waals surface area (Å²) < 4.78 is 49.4. The summed E-state index contributed by atoms with van der Waals surface area (Å²) in [6, 6.07) is 3.48. The van der Waals surface area contributed by atoms with Crippen molar-refractivity contribution < 1.29 is 27.8 Å². The van der Waals surface area contributed by atoms with E-state index in [-0.39, 0.29) is 29.9 Å². The van der Waals surface area contributed by atoms with Crippen molar-refractivity contribution in [1.82, 2.24) is 5.32 Å². The Balaban J connectivity index is 2.24. The van der Waals surface area contributed by atoms with Crippen molar-refractivity contribution >= 4 is 28.2 Å². The summed E-state index contributed by atoms with van der Waals surface area (Å²) in [6.45, 7) is 1.19. The number of amidine groups is 1. The summed E-state index contributed by atoms with van der Waals surface area (Å²) in [5, 5.41) is 11.1. The van der Waals surface area contributed by atoms with E-state index in [0.29, 0.717) is 6.42 Å². The monoisotopic (exact) mass is 375 g/mol. The zero-order valence-electron chi connectivity index (χ0n) is 13.4. The maximum atomic E-state index is 15.3. The molecule has 10 heteroatoms. The third-order valence-electron chi connectivity index (χ3n) is 5.00. The number of hydrogen-bond donors (Lipinski definition) is 5. The number of nitrogens with zero attached hydrogens (tertiary/aromatic N) is 1. The van der Waals surface area contributed by atoms with Crippen molar-refractivity contribution in [2.75, 3.05) is 5.73 Å². The SMILES string of the molecule is C[C@]1(c2cc(N)ccc2F)N=C(NC(=O)O)C2(CCC2)S(O)(O)[C@@H]1F. The highest BCUT2D eigenvalue weighted by Crippen LogP contribution is 2.71. The topological polar surface area (TPSA) is 128 Å². The van der Waals surface area contributed by atoms with Gasteiger partial charge in [0, 0.05) is 11.3 Å². The molecule has 1 spiro atoms. The normalized spacial score (nSPS) is 30.9. The minimum atomic E-state index is -3.98. The maximum Gasteiger partial charge on any atom is 0.410 e. The Morgan fingerprint density at radius 1 is 1.44 bits per heavy atom. The summed E-state index contributed by atoms with van der Waals surface area (Å²) in [7, 11) is -3.98. The van der Waals surface area contributed by atoms with E-state index in [1.165, 1.54) is 13.0 Å². The molecule has 1 amide bonds. The Kier molecular flexibility index (Phi) is 3.97. The number of anilines is 1. The molecular weight excluding hydrogens is 356 g/mol. The number of carbonyl (C=O) groups is 1. The maximum absolute atomic E-state index is 15.3. The van der Waals surface area contributed by atoms with Crippen molar-refractivity contribution in [3.63, 3.8) is 0 Å². The lowest BCUT2D eigenvalue weighted by atomic mass is 9.81. The summed E-state index contributed by atoms with van der Waals surface area (Å²) in [5.74, 6) is -1.07. The molecule has 1 aromatic rings. The fourth-order valence-electron chi connectivity index (χ4n) is 3.44. The fourth-order valence-corrected chi connectivity index (χ4v) is 5.92. The van der Waals surface area contributed by atoms with E-state index in [0.717, 1.165) is 12.1 Å². The molecule has 0 radical (unpaired) electrons. The van der Waals surface area contributed by atoms with Crippen LogP contribution in [-0.4, -0.2) is 36.4 Å². The predicted molar refractivity (Wildman–Crippen MR) is 91.1 cm³/mol. The van der Waals surface area contributed by atoms with Crippen molar-refractivity contribution in [1.29, 1.82) is 0 Å². The Labute approximate surface area is 144 Å². The number of halogens is 2. The molecule has 0 unspecified atom stereocenters. The van der Waals surface area contributed by atoms with Gasteiger partial charge >= 0.3 is 6.09 Å². The van der Waals surface area contributed by atoms with Gasteiger partial charge < -0.3 is 10.8 Å². The van der Waals surface area contributed by atoms with Crippen molar-refractivity contribution in [3.05, 3.63) is 29.6 Å². The average Bonchev–Trinajstić information content (AvgIpc) is 2.45. The second-order valence-corrected chi connectivity index (χ2v) is 8.92. The third kappa shape index (κ3) is 2.39. The molecule has 1 aromatic carbocycles. The van der Waals surface area contributed by atoms with Crippen LogP contribution in [0.5, 0.6) is 0 Å². The Morgan fingerprint density at radius 3 is 2.60 bits per heavy atom. The molecule has 2 atom stereocenters. The molecule has 0 bridgehead atoms. The molecule has 1 aliphatic heterocycles. The van der Waals surface area contributed by atoms with Crippen LogP contribution in [0.1, 0.15) is 31.7 Å². The molecule has 25 heavy (non-hydrogen) atoms. The van der Waals surface area contributed by atoms with E-state index in [2.05, 4.69) is 10.3 Å². The smallest absolute Gasteiger partial charge is 0.410 e. The largest absolute Gasteiger partial charge is 0.465 e. The van der Waals surface area contributed by atoms with E-state index in [9.17, 15) is 18.3 Å². The molecule has 1 heterocycles. The predicted octanol–water partition coefficient (Wildman–Crippen LogP) is 3.27. The number of nitrogens with two attached hydrogens (primary N) is 1. The second-order valence-electron chi connectivity index (χ2n) is 6.53. The van der Waals surface area contributed by atoms with Crippen LogP contribution in [0, 0.1) is 5.82 Å². The first-order valence-corrected chi connectivity index (χ1v) is 9.22. The van der Waals surface area contributed by atoms with Gasteiger partial charge in [-0.15, -0.1) is 10.6 Å². The minimum Gasteiger partial charge on any atom is -0.465 e. The third-order valence-corrected chi connectivity index (χ3v) is 7.79. The molecule has 0 saturated heterocycles. The lowest BCUT2D eigenvalue weighted by Gasteiger charge is -2.61. The number of aliphatic imine (C=N–C) groups is 1. The zero-order chi connectivity index (χ0) is 18.6. The summed E-state index contributed by atoms with van der Waals surface area (Å²) in [6.07, 6.45) is -0.519. The van der Waals surface area contributed by atoms with Crippen LogP contribution in [0.15, 0.2) is 23.2 Å². The lowest BCUT2D eigenvalue weighted by molar-refractivity contribution is 0.196. The van der Waals surface area contributed by atoms with Gasteiger partial charge in [-0.05, 0) is 44.4 Å². The van der Waals surface area contributed by atoms with Gasteiger partial charge in [-0.25, -0.2) is 13.6 Å². The van der Waals surface area contributed by atoms with Crippen LogP contribution in [0.25, 0.3) is 0 Å². The highest BCUT2D eigenvalue weighted by molar-refractivity contribution is 8.26. The molecule has 1 fully saturated rings. The summed E-state index contributed by atoms with van der Waals surface area (Å²) >= 11 is 0. The summed E-state index contributed by atoms with van der Waals surface area (Å²) in [5.41, 5.74) is 1.19. The average molecular weight is 375 g/mol. The van der Waals surface area contributed by atoms with Crippen LogP contribution in [0.3, 0.4) is 0 Å². The molecule has 0 aromatic heterocycles. The fraction of sp³-hybridized carbons (Fsp3) is 0.467. The van der Waals surface area contributed by atoms with Gasteiger partial charge in [0.2, 0.25) is 5.50 Å². The van der Waals surface area contributed by atoms with Gasteiger partial charge in [0.25, 0.3) is 0 Å². The van der Waals surface area contributed by atoms with E-state index >= 15 is 4.39 Å². The number of alkyl halides is 1. The van der Waals surface area contributed by atoms with E-state index in [1.54, 1.807) is 0 Å². The molecule has 6 N–H and O–H groups in total. The highest BCUT2D eigenvalue weighted by atomic mass is 32.3. The number of nitrogens with one attached hydrogen (secondary N) is 1. The molecule has 1 aliphatic carbocycles. The number of rotatable bonds is 1.